The summed E-state index contributed by atoms with van der Waals surface area (Å²) in [7, 11) is 0. The molecule has 4 aliphatic rings. The van der Waals surface area contributed by atoms with Gasteiger partial charge < -0.3 is 20.0 Å². The van der Waals surface area contributed by atoms with E-state index in [0.717, 1.165) is 69.9 Å². The summed E-state index contributed by atoms with van der Waals surface area (Å²) >= 11 is 0. The molecule has 5 nitrogen and oxygen atoms in total. The summed E-state index contributed by atoms with van der Waals surface area (Å²) in [5.74, 6) is 2.88. The number of rotatable bonds is 12. The van der Waals surface area contributed by atoms with Gasteiger partial charge in [0.05, 0.1) is 0 Å². The summed E-state index contributed by atoms with van der Waals surface area (Å²) < 4.78 is 0. The van der Waals surface area contributed by atoms with E-state index in [9.17, 15) is 9.90 Å². The van der Waals surface area contributed by atoms with Crippen molar-refractivity contribution in [2.75, 3.05) is 45.9 Å². The van der Waals surface area contributed by atoms with E-state index in [0.29, 0.717) is 18.4 Å². The van der Waals surface area contributed by atoms with Crippen molar-refractivity contribution in [2.24, 2.45) is 23.7 Å². The van der Waals surface area contributed by atoms with E-state index in [-0.39, 0.29) is 12.5 Å². The van der Waals surface area contributed by atoms with Crippen molar-refractivity contribution in [3.63, 3.8) is 0 Å². The molecule has 0 radical (unpaired) electrons. The van der Waals surface area contributed by atoms with Gasteiger partial charge in [-0.3, -0.25) is 4.79 Å². The molecule has 2 N–H and O–H groups in total. The number of amides is 1. The second-order valence-electron chi connectivity index (χ2n) is 12.7. The van der Waals surface area contributed by atoms with Crippen LogP contribution >= 0.6 is 0 Å². The fourth-order valence-corrected chi connectivity index (χ4v) is 7.61. The van der Waals surface area contributed by atoms with Crippen molar-refractivity contribution >= 4 is 5.91 Å². The Morgan fingerprint density at radius 3 is 2.08 bits per heavy atom. The van der Waals surface area contributed by atoms with Gasteiger partial charge in [-0.15, -0.1) is 0 Å². The summed E-state index contributed by atoms with van der Waals surface area (Å²) in [6, 6.07) is 0. The number of carbonyl (C=O) groups is 1. The molecule has 0 aliphatic carbocycles. The van der Waals surface area contributed by atoms with E-state index in [1.165, 1.54) is 103 Å². The van der Waals surface area contributed by atoms with Crippen molar-refractivity contribution in [3.05, 3.63) is 0 Å². The molecule has 4 saturated heterocycles. The van der Waals surface area contributed by atoms with Gasteiger partial charge in [0.25, 0.3) is 0 Å². The lowest BCUT2D eigenvalue weighted by Crippen LogP contribution is -2.51. The van der Waals surface area contributed by atoms with Crippen LogP contribution in [0.4, 0.5) is 0 Å². The second-order valence-corrected chi connectivity index (χ2v) is 12.7. The predicted molar refractivity (Wildman–Crippen MR) is 153 cm³/mol. The van der Waals surface area contributed by atoms with Crippen LogP contribution in [0, 0.1) is 23.7 Å². The lowest BCUT2D eigenvalue weighted by molar-refractivity contribution is -0.142. The molecule has 5 heteroatoms. The van der Waals surface area contributed by atoms with E-state index >= 15 is 0 Å². The average Bonchev–Trinajstić information content (AvgIpc) is 2.91. The maximum Gasteiger partial charge on any atom is 0.225 e. The highest BCUT2D eigenvalue weighted by molar-refractivity contribution is 5.79. The van der Waals surface area contributed by atoms with Crippen LogP contribution < -0.4 is 0 Å². The molecule has 0 aromatic carbocycles. The van der Waals surface area contributed by atoms with E-state index < -0.39 is 0 Å². The SMILES string of the molecule is O=C1[C@@H]2CCCCCCCCCCN3CC[C@H]([C@@H](CCCCCCCO)C3)[C@@H](C2)CN1CCCCCO. The van der Waals surface area contributed by atoms with Crippen molar-refractivity contribution in [1.29, 1.82) is 0 Å². The fourth-order valence-electron chi connectivity index (χ4n) is 7.61. The molecule has 4 rings (SSSR count). The maximum atomic E-state index is 13.5. The van der Waals surface area contributed by atoms with Gasteiger partial charge in [0.1, 0.15) is 0 Å². The summed E-state index contributed by atoms with van der Waals surface area (Å²) in [6.45, 7) is 6.27. The van der Waals surface area contributed by atoms with Crippen LogP contribution in [0.25, 0.3) is 0 Å². The Morgan fingerprint density at radius 2 is 1.32 bits per heavy atom. The zero-order valence-electron chi connectivity index (χ0n) is 24.1. The second kappa shape index (κ2) is 18.6. The maximum absolute atomic E-state index is 13.5. The summed E-state index contributed by atoms with van der Waals surface area (Å²) in [5.41, 5.74) is 0. The smallest absolute Gasteiger partial charge is 0.225 e. The van der Waals surface area contributed by atoms with Crippen LogP contribution in [0.2, 0.25) is 0 Å². The first-order valence-corrected chi connectivity index (χ1v) is 16.5. The molecule has 216 valence electrons. The van der Waals surface area contributed by atoms with E-state index in [2.05, 4.69) is 9.80 Å². The van der Waals surface area contributed by atoms with Crippen molar-refractivity contribution in [3.8, 4) is 0 Å². The number of nitrogens with zero attached hydrogens (tertiary/aromatic N) is 2. The first-order chi connectivity index (χ1) is 18.2. The molecule has 37 heavy (non-hydrogen) atoms. The van der Waals surface area contributed by atoms with Crippen LogP contribution in [0.3, 0.4) is 0 Å². The van der Waals surface area contributed by atoms with Gasteiger partial charge >= 0.3 is 0 Å². The number of fused-ring (bicyclic) bond motifs is 11. The molecule has 0 spiro atoms. The van der Waals surface area contributed by atoms with Crippen molar-refractivity contribution < 1.29 is 15.0 Å². The topological polar surface area (TPSA) is 64.0 Å². The number of hydrogen-bond acceptors (Lipinski definition) is 4. The fraction of sp³-hybridized carbons (Fsp3) is 0.969. The van der Waals surface area contributed by atoms with Crippen LogP contribution in [0.5, 0.6) is 0 Å². The number of aliphatic hydroxyl groups excluding tert-OH is 2. The summed E-state index contributed by atoms with van der Waals surface area (Å²) in [5, 5.41) is 18.3. The van der Waals surface area contributed by atoms with Gasteiger partial charge in [0.15, 0.2) is 0 Å². The summed E-state index contributed by atoms with van der Waals surface area (Å²) in [4.78, 5) is 18.6. The Labute approximate surface area is 228 Å². The number of unbranched alkanes of at least 4 members (excludes halogenated alkanes) is 6. The van der Waals surface area contributed by atoms with Crippen LogP contribution in [-0.4, -0.2) is 71.9 Å². The Bertz CT molecular complexity index is 601. The van der Waals surface area contributed by atoms with E-state index in [1.54, 1.807) is 0 Å². The highest BCUT2D eigenvalue weighted by Gasteiger charge is 2.41. The molecule has 4 bridgehead atoms. The lowest BCUT2D eigenvalue weighted by Gasteiger charge is -2.47. The molecule has 4 fully saturated rings. The molecule has 4 aliphatic heterocycles. The number of aliphatic hydroxyl groups is 2. The van der Waals surface area contributed by atoms with Crippen molar-refractivity contribution in [1.82, 2.24) is 9.80 Å². The Hall–Kier alpha value is -0.650. The molecule has 0 aromatic heterocycles. The molecule has 1 amide bonds. The third-order valence-corrected chi connectivity index (χ3v) is 9.78. The molecule has 1 unspecified atom stereocenters. The zero-order chi connectivity index (χ0) is 26.1. The van der Waals surface area contributed by atoms with Gasteiger partial charge in [-0.1, -0.05) is 70.6 Å². The van der Waals surface area contributed by atoms with Crippen molar-refractivity contribution in [2.45, 2.75) is 128 Å². The van der Waals surface area contributed by atoms with Gasteiger partial charge in [-0.25, -0.2) is 0 Å². The summed E-state index contributed by atoms with van der Waals surface area (Å²) in [6.07, 6.45) is 24.5. The standard InChI is InChI=1S/C32H60N2O3/c35-23-15-9-5-7-12-18-29-26-33-20-13-8-4-2-1-3-6-11-17-28-25-30(31(29)19-22-33)27-34(32(28)37)21-14-10-16-24-36/h28-31,35-36H,1-27H2/t28-,29+,30+,31-/m1/s1. The number of piperidine rings is 2. The van der Waals surface area contributed by atoms with Crippen LogP contribution in [0.15, 0.2) is 0 Å². The zero-order valence-corrected chi connectivity index (χ0v) is 24.1. The molecule has 0 saturated carbocycles. The van der Waals surface area contributed by atoms with Gasteiger partial charge in [-0.2, -0.15) is 0 Å². The van der Waals surface area contributed by atoms with Crippen LogP contribution in [0.1, 0.15) is 128 Å². The number of carbonyl (C=O) groups excluding carboxylic acids is 1. The third kappa shape index (κ3) is 11.2. The molecule has 0 aromatic rings. The Kier molecular flexibility index (Phi) is 15.5. The quantitative estimate of drug-likeness (QED) is 0.292. The van der Waals surface area contributed by atoms with E-state index in [1.807, 2.05) is 0 Å². The minimum atomic E-state index is 0.240. The van der Waals surface area contributed by atoms with Gasteiger partial charge in [-0.05, 0) is 88.6 Å². The molecular formula is C32H60N2O3. The first-order valence-electron chi connectivity index (χ1n) is 16.5. The average molecular weight is 521 g/mol. The lowest BCUT2D eigenvalue weighted by atomic mass is 9.69. The third-order valence-electron chi connectivity index (χ3n) is 9.78. The highest BCUT2D eigenvalue weighted by Crippen LogP contribution is 2.40. The largest absolute Gasteiger partial charge is 0.396 e. The number of likely N-dealkylation sites (tertiary alicyclic amines) is 1. The highest BCUT2D eigenvalue weighted by atomic mass is 16.3. The van der Waals surface area contributed by atoms with E-state index in [4.69, 9.17) is 5.11 Å². The Morgan fingerprint density at radius 1 is 0.676 bits per heavy atom. The normalized spacial score (nSPS) is 30.4. The van der Waals surface area contributed by atoms with Gasteiger partial charge in [0, 0.05) is 38.8 Å². The minimum absolute atomic E-state index is 0.240. The number of hydrogen-bond donors (Lipinski definition) is 2. The van der Waals surface area contributed by atoms with Gasteiger partial charge in [0.2, 0.25) is 5.91 Å². The first kappa shape index (κ1) is 30.9. The molecule has 4 heterocycles. The molecule has 5 atom stereocenters. The molecular weight excluding hydrogens is 460 g/mol. The predicted octanol–water partition coefficient (Wildman–Crippen LogP) is 6.41. The minimum Gasteiger partial charge on any atom is -0.396 e. The Balaban J connectivity index is 1.67. The van der Waals surface area contributed by atoms with Crippen LogP contribution in [-0.2, 0) is 4.79 Å². The monoisotopic (exact) mass is 520 g/mol.